The van der Waals surface area contributed by atoms with Crippen LogP contribution in [-0.2, 0) is 9.53 Å². The number of aryl methyl sites for hydroxylation is 1. The van der Waals surface area contributed by atoms with E-state index in [1.165, 1.54) is 25.3 Å². The van der Waals surface area contributed by atoms with Gasteiger partial charge in [0.1, 0.15) is 5.75 Å². The van der Waals surface area contributed by atoms with Gasteiger partial charge in [-0.3, -0.25) is 14.9 Å². The van der Waals surface area contributed by atoms with Gasteiger partial charge in [-0.25, -0.2) is 4.79 Å². The lowest BCUT2D eigenvalue weighted by Gasteiger charge is -2.10. The number of hydrogen-bond donors (Lipinski definition) is 1. The molecule has 2 rings (SSSR count). The van der Waals surface area contributed by atoms with Crippen molar-refractivity contribution in [3.63, 3.8) is 0 Å². The molecule has 0 radical (unpaired) electrons. The van der Waals surface area contributed by atoms with Gasteiger partial charge in [-0.15, -0.1) is 0 Å². The molecule has 0 saturated heterocycles. The molecule has 0 saturated carbocycles. The topological polar surface area (TPSA) is 108 Å². The lowest BCUT2D eigenvalue weighted by Crippen LogP contribution is -2.21. The highest BCUT2D eigenvalue weighted by Crippen LogP contribution is 2.28. The number of rotatable bonds is 6. The number of carbonyl (C=O) groups excluding carboxylic acids is 2. The fraction of sp³-hybridized carbons (Fsp3) is 0.176. The van der Waals surface area contributed by atoms with E-state index in [1.807, 2.05) is 0 Å². The van der Waals surface area contributed by atoms with Crippen molar-refractivity contribution in [1.82, 2.24) is 0 Å². The van der Waals surface area contributed by atoms with Crippen molar-refractivity contribution >= 4 is 23.3 Å². The molecule has 0 heterocycles. The molecule has 8 heteroatoms. The van der Waals surface area contributed by atoms with Gasteiger partial charge >= 0.3 is 5.97 Å². The monoisotopic (exact) mass is 344 g/mol. The normalized spacial score (nSPS) is 10.0. The van der Waals surface area contributed by atoms with Crippen molar-refractivity contribution < 1.29 is 24.0 Å². The molecule has 0 atom stereocenters. The maximum atomic E-state index is 12.0. The van der Waals surface area contributed by atoms with Crippen LogP contribution in [0.5, 0.6) is 5.75 Å². The fourth-order valence-electron chi connectivity index (χ4n) is 2.09. The van der Waals surface area contributed by atoms with E-state index in [0.29, 0.717) is 5.56 Å². The number of ether oxygens (including phenoxy) is 2. The summed E-state index contributed by atoms with van der Waals surface area (Å²) in [5.74, 6) is -1.06. The van der Waals surface area contributed by atoms with Crippen LogP contribution in [0.2, 0.25) is 0 Å². The first-order chi connectivity index (χ1) is 11.9. The van der Waals surface area contributed by atoms with Gasteiger partial charge in [0.25, 0.3) is 11.6 Å². The molecule has 2 aromatic rings. The molecule has 1 N–H and O–H groups in total. The molecule has 130 valence electrons. The third-order valence-corrected chi connectivity index (χ3v) is 3.37. The highest BCUT2D eigenvalue weighted by molar-refractivity contribution is 5.96. The molecule has 2 aromatic carbocycles. The summed E-state index contributed by atoms with van der Waals surface area (Å²) in [5.41, 5.74) is 1.19. The van der Waals surface area contributed by atoms with Gasteiger partial charge in [0.05, 0.1) is 29.4 Å². The molecular weight excluding hydrogens is 328 g/mol. The Balaban J connectivity index is 2.00. The number of nitrogens with zero attached hydrogens (tertiary/aromatic N) is 1. The molecule has 8 nitrogen and oxygen atoms in total. The van der Waals surface area contributed by atoms with Gasteiger partial charge in [-0.05, 0) is 24.6 Å². The van der Waals surface area contributed by atoms with E-state index >= 15 is 0 Å². The van der Waals surface area contributed by atoms with E-state index in [-0.39, 0.29) is 17.1 Å². The summed E-state index contributed by atoms with van der Waals surface area (Å²) < 4.78 is 10.00. The third-order valence-electron chi connectivity index (χ3n) is 3.37. The number of benzene rings is 2. The average Bonchev–Trinajstić information content (AvgIpc) is 2.60. The molecule has 0 unspecified atom stereocenters. The average molecular weight is 344 g/mol. The highest BCUT2D eigenvalue weighted by atomic mass is 16.6. The van der Waals surface area contributed by atoms with Gasteiger partial charge in [0.15, 0.2) is 6.61 Å². The van der Waals surface area contributed by atoms with Gasteiger partial charge in [0.2, 0.25) is 0 Å². The number of non-ortho nitro benzene ring substituents is 1. The summed E-state index contributed by atoms with van der Waals surface area (Å²) >= 11 is 0. The maximum Gasteiger partial charge on any atom is 0.338 e. The Bertz CT molecular complexity index is 819. The maximum absolute atomic E-state index is 12.0. The van der Waals surface area contributed by atoms with Crippen molar-refractivity contribution in [3.05, 3.63) is 63.7 Å². The highest BCUT2D eigenvalue weighted by Gasteiger charge is 2.15. The second-order valence-electron chi connectivity index (χ2n) is 5.08. The van der Waals surface area contributed by atoms with Crippen molar-refractivity contribution in [1.29, 1.82) is 0 Å². The quantitative estimate of drug-likeness (QED) is 0.490. The van der Waals surface area contributed by atoms with Crippen LogP contribution >= 0.6 is 0 Å². The smallest absolute Gasteiger partial charge is 0.338 e. The van der Waals surface area contributed by atoms with E-state index in [2.05, 4.69) is 5.32 Å². The lowest BCUT2D eigenvalue weighted by atomic mass is 10.1. The lowest BCUT2D eigenvalue weighted by molar-refractivity contribution is -0.384. The second kappa shape index (κ2) is 7.91. The van der Waals surface area contributed by atoms with Crippen LogP contribution in [0.15, 0.2) is 42.5 Å². The largest absolute Gasteiger partial charge is 0.494 e. The predicted molar refractivity (Wildman–Crippen MR) is 89.7 cm³/mol. The van der Waals surface area contributed by atoms with Crippen molar-refractivity contribution in [2.24, 2.45) is 0 Å². The first-order valence-electron chi connectivity index (χ1n) is 7.27. The Morgan fingerprint density at radius 1 is 1.20 bits per heavy atom. The van der Waals surface area contributed by atoms with Crippen LogP contribution < -0.4 is 10.1 Å². The van der Waals surface area contributed by atoms with Gasteiger partial charge in [0, 0.05) is 6.07 Å². The summed E-state index contributed by atoms with van der Waals surface area (Å²) in [6.45, 7) is 1.27. The summed E-state index contributed by atoms with van der Waals surface area (Å²) in [5, 5.41) is 13.2. The van der Waals surface area contributed by atoms with Crippen LogP contribution in [0.4, 0.5) is 11.4 Å². The zero-order valence-electron chi connectivity index (χ0n) is 13.6. The van der Waals surface area contributed by atoms with Gasteiger partial charge < -0.3 is 14.8 Å². The molecule has 0 spiro atoms. The van der Waals surface area contributed by atoms with Gasteiger partial charge in [-0.1, -0.05) is 18.2 Å². The number of esters is 1. The number of carbonyl (C=O) groups is 2. The van der Waals surface area contributed by atoms with Crippen LogP contribution in [-0.4, -0.2) is 30.5 Å². The molecule has 1 amide bonds. The van der Waals surface area contributed by atoms with Crippen LogP contribution in [0.25, 0.3) is 0 Å². The van der Waals surface area contributed by atoms with Crippen molar-refractivity contribution in [2.75, 3.05) is 19.0 Å². The Morgan fingerprint density at radius 2 is 1.92 bits per heavy atom. The Hall–Kier alpha value is -3.42. The molecule has 0 aliphatic heterocycles. The molecule has 0 bridgehead atoms. The third kappa shape index (κ3) is 4.54. The van der Waals surface area contributed by atoms with E-state index < -0.39 is 23.4 Å². The first kappa shape index (κ1) is 17.9. The number of methoxy groups -OCH3 is 1. The number of nitro groups is 1. The minimum atomic E-state index is -0.607. The second-order valence-corrected chi connectivity index (χ2v) is 5.08. The van der Waals surface area contributed by atoms with Crippen LogP contribution in [0, 0.1) is 17.0 Å². The van der Waals surface area contributed by atoms with Crippen molar-refractivity contribution in [3.8, 4) is 5.75 Å². The minimum Gasteiger partial charge on any atom is -0.494 e. The standard InChI is InChI=1S/C17H16N2O6/c1-11-5-3-4-6-13(11)17(21)25-10-16(20)18-14-8-7-12(19(22)23)9-15(14)24-2/h3-9H,10H2,1-2H3,(H,18,20). The SMILES string of the molecule is COc1cc([N+](=O)[O-])ccc1NC(=O)COC(=O)c1ccccc1C. The summed E-state index contributed by atoms with van der Waals surface area (Å²) in [6, 6.07) is 10.6. The van der Waals surface area contributed by atoms with E-state index in [0.717, 1.165) is 5.56 Å². The predicted octanol–water partition coefficient (Wildman–Crippen LogP) is 2.71. The molecule has 0 aromatic heterocycles. The van der Waals surface area contributed by atoms with Crippen LogP contribution in [0.3, 0.4) is 0 Å². The van der Waals surface area contributed by atoms with Crippen LogP contribution in [0.1, 0.15) is 15.9 Å². The Morgan fingerprint density at radius 3 is 2.56 bits per heavy atom. The Labute approximate surface area is 143 Å². The fourth-order valence-corrected chi connectivity index (χ4v) is 2.09. The number of hydrogen-bond acceptors (Lipinski definition) is 6. The molecular formula is C17H16N2O6. The van der Waals surface area contributed by atoms with Gasteiger partial charge in [-0.2, -0.15) is 0 Å². The molecule has 25 heavy (non-hydrogen) atoms. The number of anilines is 1. The first-order valence-corrected chi connectivity index (χ1v) is 7.27. The zero-order chi connectivity index (χ0) is 18.4. The van der Waals surface area contributed by atoms with E-state index in [9.17, 15) is 19.7 Å². The van der Waals surface area contributed by atoms with Crippen molar-refractivity contribution in [2.45, 2.75) is 6.92 Å². The summed E-state index contributed by atoms with van der Waals surface area (Å²) in [6.07, 6.45) is 0. The summed E-state index contributed by atoms with van der Waals surface area (Å²) in [7, 11) is 1.33. The Kier molecular flexibility index (Phi) is 5.67. The molecule has 0 aliphatic carbocycles. The molecule has 0 fully saturated rings. The number of amides is 1. The zero-order valence-corrected chi connectivity index (χ0v) is 13.6. The number of nitrogens with one attached hydrogen (secondary N) is 1. The van der Waals surface area contributed by atoms with E-state index in [1.54, 1.807) is 31.2 Å². The number of nitro benzene ring substituents is 1. The minimum absolute atomic E-state index is 0.132. The van der Waals surface area contributed by atoms with E-state index in [4.69, 9.17) is 9.47 Å². The summed E-state index contributed by atoms with van der Waals surface area (Å²) in [4.78, 5) is 34.1. The molecule has 0 aliphatic rings.